The maximum absolute atomic E-state index is 13.5. The lowest BCUT2D eigenvalue weighted by atomic mass is 10.1. The van der Waals surface area contributed by atoms with Crippen LogP contribution in [0, 0.1) is 0 Å². The van der Waals surface area contributed by atoms with Gasteiger partial charge >= 0.3 is 6.03 Å². The van der Waals surface area contributed by atoms with E-state index in [-0.39, 0.29) is 12.1 Å². The van der Waals surface area contributed by atoms with E-state index >= 15 is 0 Å². The molecule has 18 heavy (non-hydrogen) atoms. The maximum atomic E-state index is 13.5. The minimum absolute atomic E-state index is 0.00628. The zero-order valence-corrected chi connectivity index (χ0v) is 9.96. The standard InChI is InChI=1S/C13H15FN2O2/c14-12-7-6-11-8-15(12)13(17)16(11)18-9-10-4-2-1-3-5-10/h1-5,11-12H,6-9H2. The Hall–Kier alpha value is -1.62. The van der Waals surface area contributed by atoms with Crippen LogP contribution < -0.4 is 0 Å². The summed E-state index contributed by atoms with van der Waals surface area (Å²) in [6.45, 7) is 0.780. The van der Waals surface area contributed by atoms with Crippen LogP contribution in [0.5, 0.6) is 0 Å². The van der Waals surface area contributed by atoms with Crippen molar-refractivity contribution >= 4 is 6.03 Å². The minimum Gasteiger partial charge on any atom is -0.290 e. The summed E-state index contributed by atoms with van der Waals surface area (Å²) in [6.07, 6.45) is -0.0844. The molecule has 2 aliphatic rings. The van der Waals surface area contributed by atoms with Crippen LogP contribution in [0.3, 0.4) is 0 Å². The monoisotopic (exact) mass is 250 g/mol. The lowest BCUT2D eigenvalue weighted by Gasteiger charge is -2.24. The molecular formula is C13H15FN2O2. The number of amides is 2. The van der Waals surface area contributed by atoms with E-state index in [1.54, 1.807) is 0 Å². The van der Waals surface area contributed by atoms with Crippen molar-refractivity contribution in [3.8, 4) is 0 Å². The van der Waals surface area contributed by atoms with Crippen LogP contribution in [0.15, 0.2) is 30.3 Å². The van der Waals surface area contributed by atoms with Gasteiger partial charge in [-0.15, -0.1) is 0 Å². The molecule has 96 valence electrons. The van der Waals surface area contributed by atoms with Gasteiger partial charge < -0.3 is 0 Å². The fourth-order valence-corrected chi connectivity index (χ4v) is 2.47. The fraction of sp³-hybridized carbons (Fsp3) is 0.462. The topological polar surface area (TPSA) is 32.8 Å². The number of fused-ring (bicyclic) bond motifs is 2. The molecule has 4 nitrogen and oxygen atoms in total. The second kappa shape index (κ2) is 4.57. The highest BCUT2D eigenvalue weighted by molar-refractivity contribution is 5.76. The molecule has 2 atom stereocenters. The molecule has 0 N–H and O–H groups in total. The third-order valence-corrected chi connectivity index (χ3v) is 3.46. The number of hydrogen-bond acceptors (Lipinski definition) is 2. The molecule has 0 saturated carbocycles. The van der Waals surface area contributed by atoms with Gasteiger partial charge in [-0.25, -0.2) is 9.18 Å². The second-order valence-corrected chi connectivity index (χ2v) is 4.69. The molecule has 2 saturated heterocycles. The van der Waals surface area contributed by atoms with Gasteiger partial charge in [0.2, 0.25) is 0 Å². The SMILES string of the molecule is O=C1N2CC(CCC2F)N1OCc1ccccc1. The Kier molecular flexibility index (Phi) is 2.91. The van der Waals surface area contributed by atoms with Crippen molar-refractivity contribution in [1.82, 2.24) is 9.96 Å². The highest BCUT2D eigenvalue weighted by Gasteiger charge is 2.45. The van der Waals surface area contributed by atoms with Gasteiger partial charge in [0, 0.05) is 6.54 Å². The third-order valence-electron chi connectivity index (χ3n) is 3.46. The molecule has 1 aromatic rings. The molecule has 2 heterocycles. The zero-order chi connectivity index (χ0) is 12.5. The van der Waals surface area contributed by atoms with Crippen LogP contribution in [0.4, 0.5) is 9.18 Å². The van der Waals surface area contributed by atoms with Gasteiger partial charge in [-0.2, -0.15) is 5.06 Å². The largest absolute Gasteiger partial charge is 0.346 e. The molecule has 1 aromatic carbocycles. The summed E-state index contributed by atoms with van der Waals surface area (Å²) < 4.78 is 13.5. The molecular weight excluding hydrogens is 235 g/mol. The highest BCUT2D eigenvalue weighted by atomic mass is 19.1. The van der Waals surface area contributed by atoms with Crippen molar-refractivity contribution in [2.75, 3.05) is 6.54 Å². The molecule has 0 spiro atoms. The number of nitrogens with zero attached hydrogens (tertiary/aromatic N) is 2. The number of carbonyl (C=O) groups is 1. The Morgan fingerprint density at radius 3 is 2.78 bits per heavy atom. The summed E-state index contributed by atoms with van der Waals surface area (Å²) in [4.78, 5) is 18.7. The molecule has 2 amide bonds. The van der Waals surface area contributed by atoms with Gasteiger partial charge in [0.05, 0.1) is 6.04 Å². The number of carbonyl (C=O) groups excluding carboxylic acids is 1. The Bertz CT molecular complexity index is 440. The number of halogens is 1. The Morgan fingerprint density at radius 2 is 2.06 bits per heavy atom. The maximum Gasteiger partial charge on any atom is 0.346 e. The summed E-state index contributed by atoms with van der Waals surface area (Å²) in [7, 11) is 0. The predicted molar refractivity (Wildman–Crippen MR) is 63.1 cm³/mol. The molecule has 2 fully saturated rings. The summed E-state index contributed by atoms with van der Waals surface area (Å²) in [6, 6.07) is 9.29. The van der Waals surface area contributed by atoms with E-state index in [0.29, 0.717) is 26.0 Å². The zero-order valence-electron chi connectivity index (χ0n) is 9.96. The first-order valence-electron chi connectivity index (χ1n) is 6.16. The van der Waals surface area contributed by atoms with Crippen LogP contribution in [-0.2, 0) is 11.4 Å². The van der Waals surface area contributed by atoms with E-state index in [4.69, 9.17) is 4.84 Å². The first-order valence-corrected chi connectivity index (χ1v) is 6.16. The Labute approximate surface area is 105 Å². The molecule has 0 radical (unpaired) electrons. The van der Waals surface area contributed by atoms with Crippen LogP contribution in [-0.4, -0.2) is 34.9 Å². The van der Waals surface area contributed by atoms with Gasteiger partial charge in [0.15, 0.2) is 6.30 Å². The number of hydrogen-bond donors (Lipinski definition) is 0. The van der Waals surface area contributed by atoms with Gasteiger partial charge in [-0.1, -0.05) is 30.3 Å². The number of rotatable bonds is 3. The minimum atomic E-state index is -1.15. The second-order valence-electron chi connectivity index (χ2n) is 4.69. The lowest BCUT2D eigenvalue weighted by molar-refractivity contribution is -0.140. The van der Waals surface area contributed by atoms with Crippen LogP contribution in [0.25, 0.3) is 0 Å². The molecule has 0 aliphatic carbocycles. The van der Waals surface area contributed by atoms with Gasteiger partial charge in [0.1, 0.15) is 6.61 Å². The third kappa shape index (κ3) is 1.95. The smallest absolute Gasteiger partial charge is 0.290 e. The number of benzene rings is 1. The van der Waals surface area contributed by atoms with E-state index in [9.17, 15) is 9.18 Å². The van der Waals surface area contributed by atoms with Crippen molar-refractivity contribution in [1.29, 1.82) is 0 Å². The van der Waals surface area contributed by atoms with Gasteiger partial charge in [-0.3, -0.25) is 9.74 Å². The van der Waals surface area contributed by atoms with E-state index in [1.165, 1.54) is 9.96 Å². The Morgan fingerprint density at radius 1 is 1.28 bits per heavy atom. The van der Waals surface area contributed by atoms with Crippen LogP contribution in [0.2, 0.25) is 0 Å². The molecule has 2 unspecified atom stereocenters. The first kappa shape index (κ1) is 11.5. The lowest BCUT2D eigenvalue weighted by Crippen LogP contribution is -2.36. The van der Waals surface area contributed by atoms with Crippen molar-refractivity contribution in [2.24, 2.45) is 0 Å². The highest BCUT2D eigenvalue weighted by Crippen LogP contribution is 2.30. The van der Waals surface area contributed by atoms with Crippen molar-refractivity contribution in [3.05, 3.63) is 35.9 Å². The molecule has 5 heteroatoms. The van der Waals surface area contributed by atoms with Crippen LogP contribution >= 0.6 is 0 Å². The number of urea groups is 1. The average molecular weight is 250 g/mol. The normalized spacial score (nSPS) is 26.8. The fourth-order valence-electron chi connectivity index (χ4n) is 2.47. The summed E-state index contributed by atoms with van der Waals surface area (Å²) in [5.41, 5.74) is 0.999. The average Bonchev–Trinajstić information content (AvgIpc) is 2.67. The quantitative estimate of drug-likeness (QED) is 0.771. The predicted octanol–water partition coefficient (Wildman–Crippen LogP) is 2.31. The van der Waals surface area contributed by atoms with Gasteiger partial charge in [-0.05, 0) is 18.4 Å². The molecule has 3 rings (SSSR count). The summed E-state index contributed by atoms with van der Waals surface area (Å²) in [5.74, 6) is 0. The number of alkyl halides is 1. The van der Waals surface area contributed by atoms with Crippen LogP contribution in [0.1, 0.15) is 18.4 Å². The van der Waals surface area contributed by atoms with E-state index in [2.05, 4.69) is 0 Å². The van der Waals surface area contributed by atoms with E-state index in [0.717, 1.165) is 5.56 Å². The summed E-state index contributed by atoms with van der Waals surface area (Å²) in [5, 5.41) is 1.34. The van der Waals surface area contributed by atoms with Gasteiger partial charge in [0.25, 0.3) is 0 Å². The Balaban J connectivity index is 1.65. The number of hydroxylamine groups is 2. The first-order chi connectivity index (χ1) is 8.75. The summed E-state index contributed by atoms with van der Waals surface area (Å²) >= 11 is 0. The molecule has 0 aromatic heterocycles. The molecule has 2 bridgehead atoms. The van der Waals surface area contributed by atoms with Crippen molar-refractivity contribution in [3.63, 3.8) is 0 Å². The van der Waals surface area contributed by atoms with E-state index in [1.807, 2.05) is 30.3 Å². The van der Waals surface area contributed by atoms with Crippen molar-refractivity contribution in [2.45, 2.75) is 31.8 Å². The van der Waals surface area contributed by atoms with E-state index < -0.39 is 6.30 Å². The van der Waals surface area contributed by atoms with Crippen molar-refractivity contribution < 1.29 is 14.0 Å². The molecule has 2 aliphatic heterocycles. The number of piperidine rings is 1.